The molecule has 172 valence electrons. The molecule has 3 aromatic carbocycles. The molecule has 3 aromatic rings. The predicted octanol–water partition coefficient (Wildman–Crippen LogP) is 5.16. The van der Waals surface area contributed by atoms with Gasteiger partial charge in [-0.15, -0.1) is 0 Å². The lowest BCUT2D eigenvalue weighted by atomic mass is 9.89. The number of ketones is 1. The third kappa shape index (κ3) is 4.35. The van der Waals surface area contributed by atoms with E-state index in [4.69, 9.17) is 16.3 Å². The van der Waals surface area contributed by atoms with E-state index in [-0.39, 0.29) is 18.1 Å². The van der Waals surface area contributed by atoms with E-state index in [1.54, 1.807) is 73.7 Å². The zero-order chi connectivity index (χ0) is 24.3. The molecule has 0 spiro atoms. The molecule has 34 heavy (non-hydrogen) atoms. The Morgan fingerprint density at radius 2 is 1.68 bits per heavy atom. The lowest BCUT2D eigenvalue weighted by Crippen LogP contribution is -2.46. The van der Waals surface area contributed by atoms with Crippen LogP contribution < -0.4 is 5.32 Å². The Morgan fingerprint density at radius 1 is 1.03 bits per heavy atom. The number of carbonyl (C=O) groups excluding carboxylic acids is 2. The van der Waals surface area contributed by atoms with Gasteiger partial charge in [-0.1, -0.05) is 66.2 Å². The van der Waals surface area contributed by atoms with Gasteiger partial charge >= 0.3 is 5.97 Å². The van der Waals surface area contributed by atoms with Crippen LogP contribution in [0.3, 0.4) is 0 Å². The van der Waals surface area contributed by atoms with E-state index in [0.29, 0.717) is 27.3 Å². The fourth-order valence-corrected chi connectivity index (χ4v) is 4.15. The Bertz CT molecular complexity index is 1260. The zero-order valence-corrected chi connectivity index (χ0v) is 19.0. The smallest absolute Gasteiger partial charge is 0.335 e. The number of nitro groups is 1. The van der Waals surface area contributed by atoms with Gasteiger partial charge in [0.05, 0.1) is 17.6 Å². The van der Waals surface area contributed by atoms with Crippen LogP contribution in [0.15, 0.2) is 90.5 Å². The summed E-state index contributed by atoms with van der Waals surface area (Å²) in [6.45, 7) is 1.85. The van der Waals surface area contributed by atoms with Crippen LogP contribution in [0.4, 0.5) is 5.69 Å². The van der Waals surface area contributed by atoms with Gasteiger partial charge in [-0.25, -0.2) is 4.79 Å². The first-order valence-electron chi connectivity index (χ1n) is 10.6. The van der Waals surface area contributed by atoms with Crippen LogP contribution in [-0.4, -0.2) is 23.3 Å². The third-order valence-electron chi connectivity index (χ3n) is 5.69. The van der Waals surface area contributed by atoms with Gasteiger partial charge in [0.25, 0.3) is 5.69 Å². The zero-order valence-electron chi connectivity index (χ0n) is 18.2. The molecule has 8 heteroatoms. The number of hydrogen-bond acceptors (Lipinski definition) is 6. The molecular formula is C26H21ClN2O5. The van der Waals surface area contributed by atoms with Gasteiger partial charge < -0.3 is 4.74 Å². The molecule has 0 fully saturated rings. The average molecular weight is 477 g/mol. The Kier molecular flexibility index (Phi) is 6.58. The molecule has 1 heterocycles. The van der Waals surface area contributed by atoms with Crippen LogP contribution in [0.25, 0.3) is 0 Å². The molecule has 2 atom stereocenters. The van der Waals surface area contributed by atoms with Crippen LogP contribution in [0.2, 0.25) is 5.02 Å². The topological polar surface area (TPSA) is 98.5 Å². The quantitative estimate of drug-likeness (QED) is 0.219. The number of rotatable bonds is 7. The van der Waals surface area contributed by atoms with Crippen molar-refractivity contribution in [2.24, 2.45) is 0 Å². The fourth-order valence-electron chi connectivity index (χ4n) is 4.03. The number of halogens is 1. The summed E-state index contributed by atoms with van der Waals surface area (Å²) in [7, 11) is 0. The summed E-state index contributed by atoms with van der Waals surface area (Å²) in [5.41, 5.74) is 0.420. The summed E-state index contributed by atoms with van der Waals surface area (Å²) in [6, 6.07) is 20.6. The first-order chi connectivity index (χ1) is 16.4. The van der Waals surface area contributed by atoms with Crippen LogP contribution >= 0.6 is 11.6 Å². The largest absolute Gasteiger partial charge is 0.464 e. The van der Waals surface area contributed by atoms with Crippen molar-refractivity contribution in [3.63, 3.8) is 0 Å². The van der Waals surface area contributed by atoms with Crippen LogP contribution in [0.1, 0.15) is 34.5 Å². The van der Waals surface area contributed by atoms with E-state index >= 15 is 0 Å². The number of nitrogens with one attached hydrogen (secondary N) is 1. The highest BCUT2D eigenvalue weighted by molar-refractivity contribution is 6.30. The molecule has 0 amide bonds. The number of nitrogens with zero attached hydrogens (tertiary/aromatic N) is 1. The van der Waals surface area contributed by atoms with Gasteiger partial charge in [0.2, 0.25) is 0 Å². The first kappa shape index (κ1) is 23.4. The van der Waals surface area contributed by atoms with E-state index in [1.807, 2.05) is 6.07 Å². The van der Waals surface area contributed by atoms with Crippen molar-refractivity contribution in [1.29, 1.82) is 0 Å². The molecule has 1 N–H and O–H groups in total. The van der Waals surface area contributed by atoms with E-state index in [9.17, 15) is 19.7 Å². The molecule has 7 nitrogen and oxygen atoms in total. The number of non-ortho nitro benzene ring substituents is 1. The minimum Gasteiger partial charge on any atom is -0.464 e. The normalized spacial score (nSPS) is 19.4. The van der Waals surface area contributed by atoms with Crippen LogP contribution in [0, 0.1) is 10.1 Å². The number of carbonyl (C=O) groups is 2. The second-order valence-corrected chi connectivity index (χ2v) is 8.19. The second-order valence-electron chi connectivity index (χ2n) is 7.76. The number of nitro benzene ring substituents is 1. The number of Topliss-reactive ketones (excluding diaryl/α,β-unsaturated/α-hetero) is 1. The fraction of sp³-hybridized carbons (Fsp3) is 0.154. The lowest BCUT2D eigenvalue weighted by molar-refractivity contribution is -0.384. The van der Waals surface area contributed by atoms with Crippen molar-refractivity contribution >= 4 is 29.0 Å². The second kappa shape index (κ2) is 9.59. The first-order valence-corrected chi connectivity index (χ1v) is 11.0. The minimum absolute atomic E-state index is 0.0731. The van der Waals surface area contributed by atoms with Crippen molar-refractivity contribution in [1.82, 2.24) is 5.32 Å². The van der Waals surface area contributed by atoms with Crippen molar-refractivity contribution in [2.45, 2.75) is 18.5 Å². The number of benzene rings is 3. The van der Waals surface area contributed by atoms with Crippen molar-refractivity contribution in [3.05, 3.63) is 122 Å². The van der Waals surface area contributed by atoms with Crippen LogP contribution in [0.5, 0.6) is 0 Å². The highest BCUT2D eigenvalue weighted by Crippen LogP contribution is 2.41. The van der Waals surface area contributed by atoms with Crippen molar-refractivity contribution < 1.29 is 19.2 Å². The Labute approximate surface area is 201 Å². The number of esters is 1. The lowest BCUT2D eigenvalue weighted by Gasteiger charge is -2.28. The Hall–Kier alpha value is -3.81. The molecule has 0 saturated heterocycles. The van der Waals surface area contributed by atoms with E-state index in [2.05, 4.69) is 5.32 Å². The van der Waals surface area contributed by atoms with Gasteiger partial charge in [0.15, 0.2) is 11.3 Å². The SMILES string of the molecule is CCOC(=O)[C@@]1(c2ccc(Cl)cc2)C=C(C(=O)c2ccccc2)[C@H](c2ccc([N+](=O)[O-])cc2)N1. The van der Waals surface area contributed by atoms with E-state index < -0.39 is 22.5 Å². The maximum atomic E-state index is 13.6. The minimum atomic E-state index is -1.45. The van der Waals surface area contributed by atoms with E-state index in [0.717, 1.165) is 0 Å². The van der Waals surface area contributed by atoms with Gasteiger partial charge in [-0.3, -0.25) is 20.2 Å². The van der Waals surface area contributed by atoms with Gasteiger partial charge in [-0.05, 0) is 36.3 Å². The Morgan fingerprint density at radius 3 is 2.26 bits per heavy atom. The molecule has 0 aliphatic carbocycles. The third-order valence-corrected chi connectivity index (χ3v) is 5.94. The molecule has 4 rings (SSSR count). The molecule has 0 radical (unpaired) electrons. The van der Waals surface area contributed by atoms with E-state index in [1.165, 1.54) is 12.1 Å². The molecule has 1 aliphatic heterocycles. The maximum Gasteiger partial charge on any atom is 0.335 e. The summed E-state index contributed by atoms with van der Waals surface area (Å²) in [5.74, 6) is -0.836. The highest BCUT2D eigenvalue weighted by atomic mass is 35.5. The van der Waals surface area contributed by atoms with Gasteiger partial charge in [-0.2, -0.15) is 0 Å². The highest BCUT2D eigenvalue weighted by Gasteiger charge is 2.49. The molecule has 0 bridgehead atoms. The molecule has 0 aromatic heterocycles. The average Bonchev–Trinajstić information content (AvgIpc) is 3.27. The number of ether oxygens (including phenoxy) is 1. The summed E-state index contributed by atoms with van der Waals surface area (Å²) in [5, 5.41) is 14.9. The standard InChI is InChI=1S/C26H21ClN2O5/c1-2-34-25(31)26(19-10-12-20(27)13-11-19)16-22(24(30)18-6-4-3-5-7-18)23(28-26)17-8-14-21(15-9-17)29(32)33/h3-16,23,28H,2H2,1H3/t23-,26-/m0/s1. The molecule has 1 aliphatic rings. The maximum absolute atomic E-state index is 13.6. The predicted molar refractivity (Wildman–Crippen MR) is 128 cm³/mol. The summed E-state index contributed by atoms with van der Waals surface area (Å²) in [6.07, 6.45) is 1.59. The summed E-state index contributed by atoms with van der Waals surface area (Å²) < 4.78 is 5.40. The molecule has 0 saturated carbocycles. The monoisotopic (exact) mass is 476 g/mol. The van der Waals surface area contributed by atoms with Crippen molar-refractivity contribution in [2.75, 3.05) is 6.61 Å². The van der Waals surface area contributed by atoms with Gasteiger partial charge in [0, 0.05) is 28.3 Å². The summed E-state index contributed by atoms with van der Waals surface area (Å²) >= 11 is 6.07. The Balaban J connectivity index is 1.88. The van der Waals surface area contributed by atoms with Crippen molar-refractivity contribution in [3.8, 4) is 0 Å². The van der Waals surface area contributed by atoms with Crippen LogP contribution in [-0.2, 0) is 15.1 Å². The van der Waals surface area contributed by atoms with Gasteiger partial charge in [0.1, 0.15) is 0 Å². The molecular weight excluding hydrogens is 456 g/mol. The molecule has 0 unspecified atom stereocenters. The number of hydrogen-bond donors (Lipinski definition) is 1. The summed E-state index contributed by atoms with van der Waals surface area (Å²) in [4.78, 5) is 37.5.